The molecule has 0 radical (unpaired) electrons. The van der Waals surface area contributed by atoms with E-state index in [4.69, 9.17) is 0 Å². The lowest BCUT2D eigenvalue weighted by atomic mass is 10.1. The van der Waals surface area contributed by atoms with Crippen LogP contribution in [0.3, 0.4) is 0 Å². The van der Waals surface area contributed by atoms with Crippen molar-refractivity contribution < 1.29 is 4.79 Å². The summed E-state index contributed by atoms with van der Waals surface area (Å²) in [7, 11) is 3.49. The Morgan fingerprint density at radius 2 is 2.04 bits per heavy atom. The number of guanidine groups is 1. The maximum absolute atomic E-state index is 11.7. The van der Waals surface area contributed by atoms with Gasteiger partial charge in [-0.1, -0.05) is 36.8 Å². The van der Waals surface area contributed by atoms with Crippen LogP contribution in [0.4, 0.5) is 0 Å². The van der Waals surface area contributed by atoms with Crippen molar-refractivity contribution in [3.8, 4) is 0 Å². The number of aryl methyl sites for hydroxylation is 1. The Morgan fingerprint density at radius 1 is 1.35 bits per heavy atom. The van der Waals surface area contributed by atoms with Crippen molar-refractivity contribution in [2.45, 2.75) is 39.8 Å². The smallest absolute Gasteiger partial charge is 0.241 e. The zero-order valence-corrected chi connectivity index (χ0v) is 17.0. The minimum atomic E-state index is 0. The number of hydrogen-bond donors (Lipinski definition) is 2. The number of aliphatic imine (C=N–C) groups is 1. The maximum Gasteiger partial charge on any atom is 0.241 e. The molecule has 5 nitrogen and oxygen atoms in total. The van der Waals surface area contributed by atoms with E-state index >= 15 is 0 Å². The highest BCUT2D eigenvalue weighted by Gasteiger charge is 2.07. The highest BCUT2D eigenvalue weighted by molar-refractivity contribution is 14.0. The molecule has 6 heteroatoms. The summed E-state index contributed by atoms with van der Waals surface area (Å²) >= 11 is 0. The van der Waals surface area contributed by atoms with Gasteiger partial charge in [-0.2, -0.15) is 0 Å². The van der Waals surface area contributed by atoms with Crippen LogP contribution in [-0.4, -0.2) is 43.4 Å². The lowest BCUT2D eigenvalue weighted by Crippen LogP contribution is -2.45. The number of benzene rings is 1. The Bertz CT molecular complexity index is 517. The van der Waals surface area contributed by atoms with Gasteiger partial charge in [-0.05, 0) is 25.8 Å². The molecule has 1 atom stereocenters. The fourth-order valence-corrected chi connectivity index (χ4v) is 1.79. The lowest BCUT2D eigenvalue weighted by Gasteiger charge is -2.18. The molecule has 2 N–H and O–H groups in total. The van der Waals surface area contributed by atoms with Crippen LogP contribution in [0.15, 0.2) is 29.3 Å². The fourth-order valence-electron chi connectivity index (χ4n) is 1.79. The van der Waals surface area contributed by atoms with Crippen LogP contribution in [0.25, 0.3) is 0 Å². The first kappa shape index (κ1) is 21.7. The zero-order valence-electron chi connectivity index (χ0n) is 14.7. The number of amides is 1. The Labute approximate surface area is 157 Å². The van der Waals surface area contributed by atoms with Gasteiger partial charge in [0.15, 0.2) is 5.96 Å². The summed E-state index contributed by atoms with van der Waals surface area (Å²) < 4.78 is 0. The number of halogens is 1. The third-order valence-corrected chi connectivity index (χ3v) is 3.40. The molecule has 1 unspecified atom stereocenters. The number of nitrogens with zero attached hydrogens (tertiary/aromatic N) is 2. The normalized spacial score (nSPS) is 12.1. The first-order valence-corrected chi connectivity index (χ1v) is 7.73. The van der Waals surface area contributed by atoms with Crippen molar-refractivity contribution in [3.05, 3.63) is 35.4 Å². The SMILES string of the molecule is CCC(C)NC(=NCc1cccc(C)c1)NCC(=O)N(C)C.I. The molecule has 0 aliphatic heterocycles. The topological polar surface area (TPSA) is 56.7 Å². The van der Waals surface area contributed by atoms with E-state index in [9.17, 15) is 4.79 Å². The summed E-state index contributed by atoms with van der Waals surface area (Å²) in [6, 6.07) is 8.58. The molecule has 0 spiro atoms. The van der Waals surface area contributed by atoms with Crippen molar-refractivity contribution in [1.29, 1.82) is 0 Å². The number of carbonyl (C=O) groups excluding carboxylic acids is 1. The predicted molar refractivity (Wildman–Crippen MR) is 107 cm³/mol. The van der Waals surface area contributed by atoms with Gasteiger partial charge in [0, 0.05) is 20.1 Å². The molecule has 0 aliphatic carbocycles. The first-order chi connectivity index (χ1) is 10.4. The second-order valence-electron chi connectivity index (χ2n) is 5.75. The van der Waals surface area contributed by atoms with E-state index in [0.29, 0.717) is 18.5 Å². The Hall–Kier alpha value is -1.31. The minimum Gasteiger partial charge on any atom is -0.354 e. The Balaban J connectivity index is 0.00000484. The monoisotopic (exact) mass is 432 g/mol. The summed E-state index contributed by atoms with van der Waals surface area (Å²) in [5, 5.41) is 6.41. The van der Waals surface area contributed by atoms with Gasteiger partial charge in [0.2, 0.25) is 5.91 Å². The van der Waals surface area contributed by atoms with Crippen LogP contribution >= 0.6 is 24.0 Å². The van der Waals surface area contributed by atoms with E-state index in [1.165, 1.54) is 5.56 Å². The Morgan fingerprint density at radius 3 is 2.61 bits per heavy atom. The molecule has 1 aromatic carbocycles. The van der Waals surface area contributed by atoms with Crippen LogP contribution in [-0.2, 0) is 11.3 Å². The number of carbonyl (C=O) groups is 1. The molecule has 0 aliphatic rings. The van der Waals surface area contributed by atoms with Crippen LogP contribution in [0.1, 0.15) is 31.4 Å². The van der Waals surface area contributed by atoms with E-state index in [2.05, 4.69) is 54.6 Å². The molecule has 1 rings (SSSR count). The van der Waals surface area contributed by atoms with E-state index in [1.54, 1.807) is 19.0 Å². The minimum absolute atomic E-state index is 0. The molecule has 0 saturated heterocycles. The average Bonchev–Trinajstić information content (AvgIpc) is 2.49. The van der Waals surface area contributed by atoms with Crippen molar-refractivity contribution in [3.63, 3.8) is 0 Å². The van der Waals surface area contributed by atoms with Crippen LogP contribution in [0, 0.1) is 6.92 Å². The summed E-state index contributed by atoms with van der Waals surface area (Å²) in [5.74, 6) is 0.695. The molecule has 1 amide bonds. The predicted octanol–water partition coefficient (Wildman–Crippen LogP) is 2.53. The number of likely N-dealkylation sites (N-methyl/N-ethyl adjacent to an activating group) is 1. The van der Waals surface area contributed by atoms with Gasteiger partial charge in [0.05, 0.1) is 13.1 Å². The van der Waals surface area contributed by atoms with Gasteiger partial charge in [0.25, 0.3) is 0 Å². The van der Waals surface area contributed by atoms with Crippen LogP contribution in [0.2, 0.25) is 0 Å². The highest BCUT2D eigenvalue weighted by Crippen LogP contribution is 2.05. The van der Waals surface area contributed by atoms with Gasteiger partial charge in [-0.15, -0.1) is 24.0 Å². The molecular weight excluding hydrogens is 403 g/mol. The second-order valence-corrected chi connectivity index (χ2v) is 5.75. The van der Waals surface area contributed by atoms with Crippen molar-refractivity contribution in [2.75, 3.05) is 20.6 Å². The first-order valence-electron chi connectivity index (χ1n) is 7.73. The molecule has 0 fully saturated rings. The lowest BCUT2D eigenvalue weighted by molar-refractivity contribution is -0.127. The maximum atomic E-state index is 11.7. The highest BCUT2D eigenvalue weighted by atomic mass is 127. The van der Waals surface area contributed by atoms with Crippen molar-refractivity contribution in [2.24, 2.45) is 4.99 Å². The van der Waals surface area contributed by atoms with E-state index in [0.717, 1.165) is 12.0 Å². The van der Waals surface area contributed by atoms with Gasteiger partial charge in [-0.25, -0.2) is 4.99 Å². The van der Waals surface area contributed by atoms with E-state index < -0.39 is 0 Å². The van der Waals surface area contributed by atoms with Crippen LogP contribution < -0.4 is 10.6 Å². The average molecular weight is 432 g/mol. The third kappa shape index (κ3) is 8.78. The van der Waals surface area contributed by atoms with Crippen LogP contribution in [0.5, 0.6) is 0 Å². The number of nitrogens with one attached hydrogen (secondary N) is 2. The summed E-state index contributed by atoms with van der Waals surface area (Å²) in [6.45, 7) is 7.10. The molecule has 1 aromatic rings. The fraction of sp³-hybridized carbons (Fsp3) is 0.529. The molecule has 23 heavy (non-hydrogen) atoms. The quantitative estimate of drug-likeness (QED) is 0.413. The molecule has 0 aromatic heterocycles. The van der Waals surface area contributed by atoms with Crippen molar-refractivity contribution in [1.82, 2.24) is 15.5 Å². The van der Waals surface area contributed by atoms with E-state index in [-0.39, 0.29) is 36.4 Å². The Kier molecular flexibility index (Phi) is 10.6. The summed E-state index contributed by atoms with van der Waals surface area (Å²) in [4.78, 5) is 17.8. The van der Waals surface area contributed by atoms with Gasteiger partial charge >= 0.3 is 0 Å². The van der Waals surface area contributed by atoms with Gasteiger partial charge < -0.3 is 15.5 Å². The van der Waals surface area contributed by atoms with Gasteiger partial charge in [0.1, 0.15) is 0 Å². The second kappa shape index (κ2) is 11.3. The summed E-state index contributed by atoms with van der Waals surface area (Å²) in [5.41, 5.74) is 2.38. The molecule has 0 bridgehead atoms. The molecular formula is C17H29IN4O. The zero-order chi connectivity index (χ0) is 16.5. The van der Waals surface area contributed by atoms with E-state index in [1.807, 2.05) is 6.07 Å². The van der Waals surface area contributed by atoms with Crippen molar-refractivity contribution >= 4 is 35.8 Å². The number of rotatable bonds is 6. The number of hydrogen-bond acceptors (Lipinski definition) is 2. The molecule has 0 heterocycles. The standard InChI is InChI=1S/C17H28N4O.HI/c1-6-14(3)20-17(19-12-16(22)21(4)5)18-11-15-9-7-8-13(2)10-15;/h7-10,14H,6,11-12H2,1-5H3,(H2,18,19,20);1H. The third-order valence-electron chi connectivity index (χ3n) is 3.40. The summed E-state index contributed by atoms with van der Waals surface area (Å²) in [6.07, 6.45) is 0.993. The van der Waals surface area contributed by atoms with Gasteiger partial charge in [-0.3, -0.25) is 4.79 Å². The molecule has 130 valence electrons. The molecule has 0 saturated carbocycles. The largest absolute Gasteiger partial charge is 0.354 e.